The normalized spacial score (nSPS) is 24.4. The van der Waals surface area contributed by atoms with Gasteiger partial charge >= 0.3 is 0 Å². The molecular formula is C10H10O3S. The third-order valence-corrected chi connectivity index (χ3v) is 3.58. The van der Waals surface area contributed by atoms with Crippen LogP contribution in [-0.2, 0) is 45.6 Å². The van der Waals surface area contributed by atoms with Crippen molar-refractivity contribution in [2.45, 2.75) is 25.6 Å². The third-order valence-electron chi connectivity index (χ3n) is 2.66. The van der Waals surface area contributed by atoms with E-state index in [0.29, 0.717) is 25.6 Å². The number of hydrogen-bond acceptors (Lipinski definition) is 3. The van der Waals surface area contributed by atoms with Gasteiger partial charge in [-0.25, -0.2) is 4.21 Å². The Hall–Kier alpha value is -0.710. The fraction of sp³-hybridized carbons (Fsp3) is 0.400. The predicted octanol–water partition coefficient (Wildman–Crippen LogP) is 1.41. The van der Waals surface area contributed by atoms with E-state index in [1.807, 2.05) is 0 Å². The van der Waals surface area contributed by atoms with Crippen LogP contribution in [0.3, 0.4) is 0 Å². The first kappa shape index (κ1) is 8.59. The number of rotatable bonds is 0. The molecule has 0 N–H and O–H groups in total. The average Bonchev–Trinajstić information content (AvgIpc) is 2.61. The van der Waals surface area contributed by atoms with E-state index in [9.17, 15) is 4.21 Å². The standard InChI is InChI=1S/C10H10O3S/c11-14-6-10-2-8-4-12-3-7(8)1-9(10)5-13-14/h1-2H,3-6H2. The highest BCUT2D eigenvalue weighted by Gasteiger charge is 2.20. The van der Waals surface area contributed by atoms with Crippen molar-refractivity contribution in [2.24, 2.45) is 0 Å². The van der Waals surface area contributed by atoms with Gasteiger partial charge in [0.15, 0.2) is 11.1 Å². The molecule has 74 valence electrons. The summed E-state index contributed by atoms with van der Waals surface area (Å²) in [6.07, 6.45) is 0. The Morgan fingerprint density at radius 2 is 1.64 bits per heavy atom. The Kier molecular flexibility index (Phi) is 1.93. The fourth-order valence-electron chi connectivity index (χ4n) is 1.90. The Bertz CT molecular complexity index is 414. The quantitative estimate of drug-likeness (QED) is 0.649. The van der Waals surface area contributed by atoms with Gasteiger partial charge in [0.25, 0.3) is 0 Å². The molecule has 1 unspecified atom stereocenters. The van der Waals surface area contributed by atoms with E-state index in [-0.39, 0.29) is 0 Å². The van der Waals surface area contributed by atoms with Crippen LogP contribution >= 0.6 is 0 Å². The molecule has 14 heavy (non-hydrogen) atoms. The molecule has 2 aliphatic heterocycles. The van der Waals surface area contributed by atoms with Gasteiger partial charge in [-0.2, -0.15) is 0 Å². The molecule has 0 fully saturated rings. The maximum absolute atomic E-state index is 11.2. The first-order valence-corrected chi connectivity index (χ1v) is 5.80. The van der Waals surface area contributed by atoms with E-state index in [0.717, 1.165) is 11.1 Å². The lowest BCUT2D eigenvalue weighted by atomic mass is 10.0. The van der Waals surface area contributed by atoms with Crippen molar-refractivity contribution < 1.29 is 13.1 Å². The van der Waals surface area contributed by atoms with Crippen molar-refractivity contribution in [1.29, 1.82) is 0 Å². The molecule has 0 aliphatic carbocycles. The van der Waals surface area contributed by atoms with Gasteiger partial charge < -0.3 is 4.74 Å². The second-order valence-corrected chi connectivity index (χ2v) is 4.72. The molecule has 1 aromatic rings. The second-order valence-electron chi connectivity index (χ2n) is 3.59. The number of fused-ring (bicyclic) bond motifs is 2. The van der Waals surface area contributed by atoms with Crippen LogP contribution in [0.25, 0.3) is 0 Å². The summed E-state index contributed by atoms with van der Waals surface area (Å²) in [5.41, 5.74) is 4.80. The van der Waals surface area contributed by atoms with E-state index < -0.39 is 11.1 Å². The van der Waals surface area contributed by atoms with Gasteiger partial charge in [-0.3, -0.25) is 4.18 Å². The molecule has 4 heteroatoms. The van der Waals surface area contributed by atoms with E-state index in [2.05, 4.69) is 12.1 Å². The third kappa shape index (κ3) is 1.30. The summed E-state index contributed by atoms with van der Waals surface area (Å²) in [6, 6.07) is 4.23. The minimum absolute atomic E-state index is 0.467. The van der Waals surface area contributed by atoms with E-state index in [4.69, 9.17) is 8.92 Å². The van der Waals surface area contributed by atoms with Crippen LogP contribution in [0.2, 0.25) is 0 Å². The molecule has 0 radical (unpaired) electrons. The van der Waals surface area contributed by atoms with E-state index >= 15 is 0 Å². The number of benzene rings is 1. The lowest BCUT2D eigenvalue weighted by Crippen LogP contribution is -2.11. The Labute approximate surface area is 84.7 Å². The van der Waals surface area contributed by atoms with Crippen molar-refractivity contribution >= 4 is 11.1 Å². The number of ether oxygens (including phenoxy) is 1. The minimum Gasteiger partial charge on any atom is -0.372 e. The smallest absolute Gasteiger partial charge is 0.160 e. The second kappa shape index (κ2) is 3.15. The van der Waals surface area contributed by atoms with Crippen molar-refractivity contribution in [3.8, 4) is 0 Å². The molecule has 1 aromatic carbocycles. The summed E-state index contributed by atoms with van der Waals surface area (Å²) in [6.45, 7) is 1.86. The molecule has 2 aliphatic rings. The lowest BCUT2D eigenvalue weighted by molar-refractivity contribution is 0.134. The highest BCUT2D eigenvalue weighted by molar-refractivity contribution is 7.79. The van der Waals surface area contributed by atoms with Crippen molar-refractivity contribution in [2.75, 3.05) is 0 Å². The molecule has 3 nitrogen and oxygen atoms in total. The Morgan fingerprint density at radius 1 is 1.00 bits per heavy atom. The van der Waals surface area contributed by atoms with E-state index in [1.54, 1.807) is 0 Å². The van der Waals surface area contributed by atoms with Gasteiger partial charge in [0.05, 0.1) is 25.6 Å². The molecule has 3 rings (SSSR count). The first-order valence-electron chi connectivity index (χ1n) is 4.56. The largest absolute Gasteiger partial charge is 0.372 e. The van der Waals surface area contributed by atoms with Crippen molar-refractivity contribution in [1.82, 2.24) is 0 Å². The summed E-state index contributed by atoms with van der Waals surface area (Å²) >= 11 is -1.14. The maximum atomic E-state index is 11.2. The van der Waals surface area contributed by atoms with Crippen molar-refractivity contribution in [3.63, 3.8) is 0 Å². The van der Waals surface area contributed by atoms with Crippen molar-refractivity contribution in [3.05, 3.63) is 34.4 Å². The van der Waals surface area contributed by atoms with Crippen LogP contribution in [-0.4, -0.2) is 4.21 Å². The summed E-state index contributed by atoms with van der Waals surface area (Å²) in [7, 11) is 0. The molecular weight excluding hydrogens is 200 g/mol. The zero-order valence-electron chi connectivity index (χ0n) is 7.62. The summed E-state index contributed by atoms with van der Waals surface area (Å²) < 4.78 is 21.6. The molecule has 0 saturated carbocycles. The summed E-state index contributed by atoms with van der Waals surface area (Å²) in [4.78, 5) is 0. The first-order chi connectivity index (χ1) is 6.83. The highest BCUT2D eigenvalue weighted by Crippen LogP contribution is 2.27. The van der Waals surface area contributed by atoms with Crippen LogP contribution in [0.4, 0.5) is 0 Å². The number of hydrogen-bond donors (Lipinski definition) is 0. The molecule has 0 aromatic heterocycles. The lowest BCUT2D eigenvalue weighted by Gasteiger charge is -2.16. The Morgan fingerprint density at radius 3 is 2.43 bits per heavy atom. The highest BCUT2D eigenvalue weighted by atomic mass is 32.2. The van der Waals surface area contributed by atoms with Gasteiger partial charge in [0.1, 0.15) is 0 Å². The monoisotopic (exact) mass is 210 g/mol. The van der Waals surface area contributed by atoms with Gasteiger partial charge in [-0.1, -0.05) is 12.1 Å². The van der Waals surface area contributed by atoms with Crippen LogP contribution in [0, 0.1) is 0 Å². The molecule has 0 spiro atoms. The predicted molar refractivity (Wildman–Crippen MR) is 51.6 cm³/mol. The SMILES string of the molecule is O=S1Cc2cc3c(cc2CO1)COC3. The van der Waals surface area contributed by atoms with Gasteiger partial charge in [0.2, 0.25) is 0 Å². The molecule has 0 bridgehead atoms. The van der Waals surface area contributed by atoms with Crippen LogP contribution in [0.1, 0.15) is 22.3 Å². The van der Waals surface area contributed by atoms with Gasteiger partial charge in [-0.05, 0) is 22.3 Å². The van der Waals surface area contributed by atoms with Gasteiger partial charge in [-0.15, -0.1) is 0 Å². The average molecular weight is 210 g/mol. The van der Waals surface area contributed by atoms with Crippen LogP contribution in [0.5, 0.6) is 0 Å². The molecule has 0 amide bonds. The summed E-state index contributed by atoms with van der Waals surface area (Å²) in [5.74, 6) is 0.516. The molecule has 1 atom stereocenters. The summed E-state index contributed by atoms with van der Waals surface area (Å²) in [5, 5.41) is 0. The topological polar surface area (TPSA) is 35.5 Å². The zero-order chi connectivity index (χ0) is 9.54. The zero-order valence-corrected chi connectivity index (χ0v) is 8.43. The van der Waals surface area contributed by atoms with Gasteiger partial charge in [0, 0.05) is 0 Å². The minimum atomic E-state index is -1.14. The maximum Gasteiger partial charge on any atom is 0.160 e. The fourth-order valence-corrected chi connectivity index (χ4v) is 2.76. The van der Waals surface area contributed by atoms with Crippen LogP contribution in [0.15, 0.2) is 12.1 Å². The van der Waals surface area contributed by atoms with E-state index in [1.165, 1.54) is 11.1 Å². The Balaban J connectivity index is 2.10. The molecule has 2 heterocycles. The molecule has 0 saturated heterocycles. The van der Waals surface area contributed by atoms with Crippen LogP contribution < -0.4 is 0 Å².